The fraction of sp³-hybridized carbons (Fsp3) is 0.333. The third kappa shape index (κ3) is 2.99. The first-order valence-electron chi connectivity index (χ1n) is 6.31. The van der Waals surface area contributed by atoms with Crippen molar-refractivity contribution < 1.29 is 0 Å². The van der Waals surface area contributed by atoms with Gasteiger partial charge < -0.3 is 0 Å². The molecule has 1 atom stereocenters. The van der Waals surface area contributed by atoms with Gasteiger partial charge in [-0.15, -0.1) is 0 Å². The fourth-order valence-electron chi connectivity index (χ4n) is 2.13. The van der Waals surface area contributed by atoms with Crippen LogP contribution in [0, 0.1) is 6.92 Å². The SMILES string of the molecule is CCc1ccc(CC(NN)c2cscc2C)cc1. The van der Waals surface area contributed by atoms with Gasteiger partial charge in [-0.05, 0) is 52.8 Å². The van der Waals surface area contributed by atoms with Crippen LogP contribution in [0.15, 0.2) is 35.0 Å². The molecule has 2 rings (SSSR count). The summed E-state index contributed by atoms with van der Waals surface area (Å²) in [7, 11) is 0. The van der Waals surface area contributed by atoms with Gasteiger partial charge in [-0.3, -0.25) is 11.3 Å². The monoisotopic (exact) mass is 260 g/mol. The second-order valence-corrected chi connectivity index (χ2v) is 5.35. The molecule has 0 aliphatic heterocycles. The van der Waals surface area contributed by atoms with Crippen LogP contribution in [0.2, 0.25) is 0 Å². The molecule has 0 radical (unpaired) electrons. The Hall–Kier alpha value is -1.16. The van der Waals surface area contributed by atoms with Crippen molar-refractivity contribution >= 4 is 11.3 Å². The number of hydrogen-bond acceptors (Lipinski definition) is 3. The van der Waals surface area contributed by atoms with Crippen LogP contribution in [0.5, 0.6) is 0 Å². The maximum atomic E-state index is 5.69. The fourth-order valence-corrected chi connectivity index (χ4v) is 3.04. The van der Waals surface area contributed by atoms with E-state index in [1.807, 2.05) is 0 Å². The summed E-state index contributed by atoms with van der Waals surface area (Å²) in [6.07, 6.45) is 2.01. The minimum absolute atomic E-state index is 0.198. The van der Waals surface area contributed by atoms with Crippen LogP contribution < -0.4 is 11.3 Å². The molecule has 3 N–H and O–H groups in total. The lowest BCUT2D eigenvalue weighted by molar-refractivity contribution is 0.551. The summed E-state index contributed by atoms with van der Waals surface area (Å²) >= 11 is 1.73. The van der Waals surface area contributed by atoms with Crippen molar-refractivity contribution in [3.05, 3.63) is 57.3 Å². The van der Waals surface area contributed by atoms with Crippen LogP contribution in [-0.2, 0) is 12.8 Å². The maximum Gasteiger partial charge on any atom is 0.0511 e. The maximum absolute atomic E-state index is 5.69. The van der Waals surface area contributed by atoms with Crippen molar-refractivity contribution in [3.63, 3.8) is 0 Å². The number of rotatable bonds is 5. The first kappa shape index (κ1) is 13.3. The number of hydrogen-bond donors (Lipinski definition) is 2. The van der Waals surface area contributed by atoms with E-state index in [0.717, 1.165) is 12.8 Å². The number of nitrogens with two attached hydrogens (primary N) is 1. The van der Waals surface area contributed by atoms with E-state index in [-0.39, 0.29) is 6.04 Å². The van der Waals surface area contributed by atoms with Crippen LogP contribution in [-0.4, -0.2) is 0 Å². The molecule has 2 nitrogen and oxygen atoms in total. The zero-order valence-corrected chi connectivity index (χ0v) is 11.8. The quantitative estimate of drug-likeness (QED) is 0.639. The van der Waals surface area contributed by atoms with Crippen molar-refractivity contribution in [1.82, 2.24) is 5.43 Å². The molecule has 0 aliphatic carbocycles. The lowest BCUT2D eigenvalue weighted by atomic mass is 9.98. The van der Waals surface area contributed by atoms with E-state index >= 15 is 0 Å². The summed E-state index contributed by atoms with van der Waals surface area (Å²) in [6, 6.07) is 8.99. The largest absolute Gasteiger partial charge is 0.271 e. The highest BCUT2D eigenvalue weighted by Crippen LogP contribution is 2.24. The average molecular weight is 260 g/mol. The molecule has 1 aromatic carbocycles. The van der Waals surface area contributed by atoms with Crippen LogP contribution >= 0.6 is 11.3 Å². The van der Waals surface area contributed by atoms with E-state index < -0.39 is 0 Å². The number of aryl methyl sites for hydroxylation is 2. The molecule has 96 valence electrons. The number of benzene rings is 1. The standard InChI is InChI=1S/C15H20N2S/c1-3-12-4-6-13(7-5-12)8-15(17-16)14-10-18-9-11(14)2/h4-7,9-10,15,17H,3,8,16H2,1-2H3. The summed E-state index contributed by atoms with van der Waals surface area (Å²) in [5.41, 5.74) is 8.25. The van der Waals surface area contributed by atoms with Crippen LogP contribution in [0.1, 0.15) is 35.2 Å². The minimum atomic E-state index is 0.198. The highest BCUT2D eigenvalue weighted by Gasteiger charge is 2.13. The van der Waals surface area contributed by atoms with E-state index in [1.54, 1.807) is 11.3 Å². The van der Waals surface area contributed by atoms with Gasteiger partial charge in [-0.25, -0.2) is 0 Å². The average Bonchev–Trinajstić information content (AvgIpc) is 2.83. The molecule has 0 fully saturated rings. The van der Waals surface area contributed by atoms with Gasteiger partial charge in [0.2, 0.25) is 0 Å². The Morgan fingerprint density at radius 3 is 2.33 bits per heavy atom. The second-order valence-electron chi connectivity index (χ2n) is 4.60. The Balaban J connectivity index is 2.13. The zero-order valence-electron chi connectivity index (χ0n) is 10.9. The molecule has 1 unspecified atom stereocenters. The summed E-state index contributed by atoms with van der Waals surface area (Å²) in [4.78, 5) is 0. The predicted molar refractivity (Wildman–Crippen MR) is 78.6 cm³/mol. The van der Waals surface area contributed by atoms with Gasteiger partial charge in [0, 0.05) is 0 Å². The first-order valence-corrected chi connectivity index (χ1v) is 7.25. The highest BCUT2D eigenvalue weighted by molar-refractivity contribution is 7.08. The Kier molecular flexibility index (Phi) is 4.53. The van der Waals surface area contributed by atoms with Crippen molar-refractivity contribution in [3.8, 4) is 0 Å². The molecule has 18 heavy (non-hydrogen) atoms. The van der Waals surface area contributed by atoms with E-state index in [2.05, 4.69) is 54.3 Å². The third-order valence-electron chi connectivity index (χ3n) is 3.34. The van der Waals surface area contributed by atoms with E-state index in [1.165, 1.54) is 22.3 Å². The molecule has 0 saturated heterocycles. The molecule has 2 aromatic rings. The van der Waals surface area contributed by atoms with Crippen LogP contribution in [0.4, 0.5) is 0 Å². The van der Waals surface area contributed by atoms with Crippen molar-refractivity contribution in [1.29, 1.82) is 0 Å². The molecule has 0 bridgehead atoms. The zero-order chi connectivity index (χ0) is 13.0. The van der Waals surface area contributed by atoms with E-state index in [9.17, 15) is 0 Å². The summed E-state index contributed by atoms with van der Waals surface area (Å²) < 4.78 is 0. The Morgan fingerprint density at radius 2 is 1.83 bits per heavy atom. The topological polar surface area (TPSA) is 38.0 Å². The van der Waals surface area contributed by atoms with Crippen molar-refractivity contribution in [2.24, 2.45) is 5.84 Å². The van der Waals surface area contributed by atoms with Gasteiger partial charge in [-0.2, -0.15) is 11.3 Å². The molecule has 0 aliphatic rings. The second kappa shape index (κ2) is 6.14. The van der Waals surface area contributed by atoms with Gasteiger partial charge in [-0.1, -0.05) is 31.2 Å². The van der Waals surface area contributed by atoms with E-state index in [0.29, 0.717) is 0 Å². The molecular formula is C15H20N2S. The van der Waals surface area contributed by atoms with Gasteiger partial charge in [0.05, 0.1) is 6.04 Å². The van der Waals surface area contributed by atoms with Crippen molar-refractivity contribution in [2.75, 3.05) is 0 Å². The predicted octanol–water partition coefficient (Wildman–Crippen LogP) is 3.37. The summed E-state index contributed by atoms with van der Waals surface area (Å²) in [5, 5.41) is 4.35. The van der Waals surface area contributed by atoms with E-state index in [4.69, 9.17) is 5.84 Å². The molecule has 1 aromatic heterocycles. The number of nitrogens with one attached hydrogen (secondary N) is 1. The highest BCUT2D eigenvalue weighted by atomic mass is 32.1. The minimum Gasteiger partial charge on any atom is -0.271 e. The molecule has 3 heteroatoms. The Morgan fingerprint density at radius 1 is 1.17 bits per heavy atom. The molecule has 0 amide bonds. The lowest BCUT2D eigenvalue weighted by Crippen LogP contribution is -2.29. The van der Waals surface area contributed by atoms with Crippen LogP contribution in [0.25, 0.3) is 0 Å². The number of hydrazine groups is 1. The summed E-state index contributed by atoms with van der Waals surface area (Å²) in [6.45, 7) is 4.31. The molecule has 0 saturated carbocycles. The number of thiophene rings is 1. The summed E-state index contributed by atoms with van der Waals surface area (Å²) in [5.74, 6) is 5.69. The van der Waals surface area contributed by atoms with Gasteiger partial charge in [0.1, 0.15) is 0 Å². The van der Waals surface area contributed by atoms with Gasteiger partial charge in [0.15, 0.2) is 0 Å². The Labute approximate surface area is 113 Å². The van der Waals surface area contributed by atoms with Gasteiger partial charge >= 0.3 is 0 Å². The smallest absolute Gasteiger partial charge is 0.0511 e. The normalized spacial score (nSPS) is 12.6. The van der Waals surface area contributed by atoms with Crippen LogP contribution in [0.3, 0.4) is 0 Å². The molecule has 0 spiro atoms. The first-order chi connectivity index (χ1) is 8.74. The van der Waals surface area contributed by atoms with Crippen molar-refractivity contribution in [2.45, 2.75) is 32.7 Å². The molecule has 1 heterocycles. The van der Waals surface area contributed by atoms with Gasteiger partial charge in [0.25, 0.3) is 0 Å². The lowest BCUT2D eigenvalue weighted by Gasteiger charge is -2.16. The molecular weight excluding hydrogens is 240 g/mol. The Bertz CT molecular complexity index is 487. The third-order valence-corrected chi connectivity index (χ3v) is 4.22.